The number of aliphatic hydroxyl groups excluding tert-OH is 1. The Hall–Kier alpha value is -1.02. The molecule has 1 aliphatic rings. The van der Waals surface area contributed by atoms with Crippen molar-refractivity contribution in [2.24, 2.45) is 0 Å². The number of aliphatic hydroxyl groups is 1. The molecule has 0 saturated carbocycles. The molecule has 102 valence electrons. The topological polar surface area (TPSA) is 29.5 Å². The summed E-state index contributed by atoms with van der Waals surface area (Å²) in [5.41, 5.74) is 1.53. The predicted octanol–water partition coefficient (Wildman–Crippen LogP) is 2.58. The van der Waals surface area contributed by atoms with Gasteiger partial charge in [0, 0.05) is 23.2 Å². The molecule has 2 nitrogen and oxygen atoms in total. The summed E-state index contributed by atoms with van der Waals surface area (Å²) in [4.78, 5) is 0. The zero-order chi connectivity index (χ0) is 13.7. The summed E-state index contributed by atoms with van der Waals surface area (Å²) in [7, 11) is 0. The fourth-order valence-corrected chi connectivity index (χ4v) is 3.27. The SMILES string of the molecule is CC1OCCC1SCc1cc(F)cc(C#CCO)c1. The fourth-order valence-electron chi connectivity index (χ4n) is 2.08. The van der Waals surface area contributed by atoms with Gasteiger partial charge in [-0.15, -0.1) is 0 Å². The van der Waals surface area contributed by atoms with Crippen LogP contribution in [0.15, 0.2) is 18.2 Å². The van der Waals surface area contributed by atoms with Crippen LogP contribution in [0.25, 0.3) is 0 Å². The maximum atomic E-state index is 13.5. The molecule has 19 heavy (non-hydrogen) atoms. The maximum absolute atomic E-state index is 13.5. The lowest BCUT2D eigenvalue weighted by Gasteiger charge is -2.13. The Kier molecular flexibility index (Phi) is 5.26. The molecule has 2 atom stereocenters. The minimum atomic E-state index is -0.281. The Morgan fingerprint density at radius 1 is 1.47 bits per heavy atom. The van der Waals surface area contributed by atoms with Gasteiger partial charge in [0.1, 0.15) is 12.4 Å². The molecule has 0 amide bonds. The number of hydrogen-bond acceptors (Lipinski definition) is 3. The van der Waals surface area contributed by atoms with E-state index in [9.17, 15) is 4.39 Å². The van der Waals surface area contributed by atoms with Crippen molar-refractivity contribution in [2.75, 3.05) is 13.2 Å². The minimum absolute atomic E-state index is 0.211. The molecule has 0 bridgehead atoms. The van der Waals surface area contributed by atoms with Crippen LogP contribution in [0, 0.1) is 17.7 Å². The van der Waals surface area contributed by atoms with Crippen LogP contribution in [-0.4, -0.2) is 29.7 Å². The Bertz CT molecular complexity index is 493. The standard InChI is InChI=1S/C15H17FO2S/c1-11-15(4-6-18-11)19-10-13-7-12(3-2-5-17)8-14(16)9-13/h7-9,11,15,17H,4-6,10H2,1H3. The van der Waals surface area contributed by atoms with Gasteiger partial charge in [0.15, 0.2) is 0 Å². The van der Waals surface area contributed by atoms with Gasteiger partial charge < -0.3 is 9.84 Å². The second kappa shape index (κ2) is 6.95. The largest absolute Gasteiger partial charge is 0.384 e. The van der Waals surface area contributed by atoms with Gasteiger partial charge in [0.2, 0.25) is 0 Å². The third kappa shape index (κ3) is 4.24. The molecule has 2 rings (SSSR count). The maximum Gasteiger partial charge on any atom is 0.124 e. The van der Waals surface area contributed by atoms with Crippen molar-refractivity contribution in [3.63, 3.8) is 0 Å². The normalized spacial score (nSPS) is 22.1. The van der Waals surface area contributed by atoms with Gasteiger partial charge in [-0.25, -0.2) is 4.39 Å². The van der Waals surface area contributed by atoms with Gasteiger partial charge in [-0.05, 0) is 37.1 Å². The van der Waals surface area contributed by atoms with Gasteiger partial charge in [0.25, 0.3) is 0 Å². The molecular weight excluding hydrogens is 263 g/mol. The quantitative estimate of drug-likeness (QED) is 0.863. The summed E-state index contributed by atoms with van der Waals surface area (Å²) in [5.74, 6) is 5.75. The van der Waals surface area contributed by atoms with E-state index in [0.29, 0.717) is 10.8 Å². The number of rotatable bonds is 3. The lowest BCUT2D eigenvalue weighted by Crippen LogP contribution is -2.13. The van der Waals surface area contributed by atoms with E-state index < -0.39 is 0 Å². The average Bonchev–Trinajstić information content (AvgIpc) is 2.79. The van der Waals surface area contributed by atoms with Crippen molar-refractivity contribution in [1.82, 2.24) is 0 Å². The molecule has 1 aromatic rings. The number of thioether (sulfide) groups is 1. The smallest absolute Gasteiger partial charge is 0.124 e. The van der Waals surface area contributed by atoms with Crippen LogP contribution in [0.3, 0.4) is 0 Å². The first kappa shape index (κ1) is 14.4. The second-order valence-electron chi connectivity index (χ2n) is 4.52. The van der Waals surface area contributed by atoms with Gasteiger partial charge in [-0.1, -0.05) is 11.8 Å². The molecule has 1 fully saturated rings. The first-order chi connectivity index (χ1) is 9.19. The molecule has 1 N–H and O–H groups in total. The van der Waals surface area contributed by atoms with E-state index in [-0.39, 0.29) is 18.5 Å². The lowest BCUT2D eigenvalue weighted by molar-refractivity contribution is 0.127. The van der Waals surface area contributed by atoms with Crippen molar-refractivity contribution in [3.8, 4) is 11.8 Å². The second-order valence-corrected chi connectivity index (χ2v) is 5.75. The number of hydrogen-bond donors (Lipinski definition) is 1. The van der Waals surface area contributed by atoms with Crippen molar-refractivity contribution < 1.29 is 14.2 Å². The number of halogens is 1. The zero-order valence-electron chi connectivity index (χ0n) is 10.9. The molecule has 1 aliphatic heterocycles. The Morgan fingerprint density at radius 3 is 3.00 bits per heavy atom. The first-order valence-corrected chi connectivity index (χ1v) is 7.36. The summed E-state index contributed by atoms with van der Waals surface area (Å²) in [6, 6.07) is 4.80. The highest BCUT2D eigenvalue weighted by Gasteiger charge is 2.24. The Labute approximate surface area is 117 Å². The third-order valence-corrected chi connectivity index (χ3v) is 4.59. The molecule has 0 radical (unpaired) electrons. The van der Waals surface area contributed by atoms with Gasteiger partial charge >= 0.3 is 0 Å². The fraction of sp³-hybridized carbons (Fsp3) is 0.467. The lowest BCUT2D eigenvalue weighted by atomic mass is 10.1. The van der Waals surface area contributed by atoms with E-state index >= 15 is 0 Å². The van der Waals surface area contributed by atoms with E-state index in [2.05, 4.69) is 18.8 Å². The van der Waals surface area contributed by atoms with Gasteiger partial charge in [-0.2, -0.15) is 11.8 Å². The Morgan fingerprint density at radius 2 is 2.32 bits per heavy atom. The molecular formula is C15H17FO2S. The van der Waals surface area contributed by atoms with Crippen LogP contribution in [0.1, 0.15) is 24.5 Å². The van der Waals surface area contributed by atoms with Gasteiger partial charge in [-0.3, -0.25) is 0 Å². The highest BCUT2D eigenvalue weighted by molar-refractivity contribution is 7.99. The van der Waals surface area contributed by atoms with Crippen molar-refractivity contribution in [1.29, 1.82) is 0 Å². The van der Waals surface area contributed by atoms with Crippen LogP contribution in [0.2, 0.25) is 0 Å². The molecule has 4 heteroatoms. The first-order valence-electron chi connectivity index (χ1n) is 6.31. The summed E-state index contributed by atoms with van der Waals surface area (Å²) in [5, 5.41) is 9.14. The molecule has 1 aromatic carbocycles. The van der Waals surface area contributed by atoms with Gasteiger partial charge in [0.05, 0.1) is 6.10 Å². The summed E-state index contributed by atoms with van der Waals surface area (Å²) >= 11 is 1.80. The minimum Gasteiger partial charge on any atom is -0.384 e. The van der Waals surface area contributed by atoms with E-state index in [0.717, 1.165) is 24.3 Å². The Balaban J connectivity index is 2.01. The van der Waals surface area contributed by atoms with Crippen LogP contribution >= 0.6 is 11.8 Å². The molecule has 0 spiro atoms. The number of ether oxygens (including phenoxy) is 1. The number of benzene rings is 1. The van der Waals surface area contributed by atoms with Crippen LogP contribution in [-0.2, 0) is 10.5 Å². The van der Waals surface area contributed by atoms with E-state index in [4.69, 9.17) is 9.84 Å². The van der Waals surface area contributed by atoms with Crippen LogP contribution in [0.5, 0.6) is 0 Å². The van der Waals surface area contributed by atoms with Crippen molar-refractivity contribution in [2.45, 2.75) is 30.5 Å². The summed E-state index contributed by atoms with van der Waals surface area (Å²) in [6.45, 7) is 2.68. The van der Waals surface area contributed by atoms with Crippen molar-refractivity contribution >= 4 is 11.8 Å². The highest BCUT2D eigenvalue weighted by Crippen LogP contribution is 2.29. The summed E-state index contributed by atoms with van der Waals surface area (Å²) in [6.07, 6.45) is 1.32. The van der Waals surface area contributed by atoms with E-state index in [1.807, 2.05) is 6.07 Å². The molecule has 1 heterocycles. The summed E-state index contributed by atoms with van der Waals surface area (Å²) < 4.78 is 19.0. The van der Waals surface area contributed by atoms with E-state index in [1.54, 1.807) is 11.8 Å². The molecule has 0 aliphatic carbocycles. The van der Waals surface area contributed by atoms with Crippen LogP contribution in [0.4, 0.5) is 4.39 Å². The average molecular weight is 280 g/mol. The predicted molar refractivity (Wildman–Crippen MR) is 75.5 cm³/mol. The van der Waals surface area contributed by atoms with E-state index in [1.165, 1.54) is 12.1 Å². The molecule has 0 aromatic heterocycles. The monoisotopic (exact) mass is 280 g/mol. The zero-order valence-corrected chi connectivity index (χ0v) is 11.7. The third-order valence-electron chi connectivity index (χ3n) is 3.04. The van der Waals surface area contributed by atoms with Crippen LogP contribution < -0.4 is 0 Å². The molecule has 2 unspecified atom stereocenters. The van der Waals surface area contributed by atoms with Crippen molar-refractivity contribution in [3.05, 3.63) is 35.1 Å². The highest BCUT2D eigenvalue weighted by atomic mass is 32.2. The molecule has 1 saturated heterocycles.